The second-order valence-corrected chi connectivity index (χ2v) is 5.67. The zero-order valence-corrected chi connectivity index (χ0v) is 12.7. The summed E-state index contributed by atoms with van der Waals surface area (Å²) < 4.78 is 2.86. The minimum Gasteiger partial charge on any atom is -0.340 e. The number of fused-ring (bicyclic) bond motifs is 1. The minimum absolute atomic E-state index is 0.0596. The number of Topliss-reactive ketones (excluding diaryl/α,β-unsaturated/α-hetero) is 1. The molecule has 0 radical (unpaired) electrons. The van der Waals surface area contributed by atoms with Gasteiger partial charge in [-0.05, 0) is 36.4 Å². The lowest BCUT2D eigenvalue weighted by Crippen LogP contribution is -2.09. The third kappa shape index (κ3) is 2.74. The van der Waals surface area contributed by atoms with Crippen LogP contribution in [0.3, 0.4) is 0 Å². The van der Waals surface area contributed by atoms with E-state index in [0.717, 1.165) is 15.4 Å². The smallest absolute Gasteiger partial charge is 0.182 e. The fourth-order valence-electron chi connectivity index (χ4n) is 2.29. The molecule has 0 saturated carbocycles. The number of carbonyl (C=O) groups excluding carboxylic acids is 1. The van der Waals surface area contributed by atoms with Gasteiger partial charge in [0.05, 0.1) is 18.2 Å². The maximum absolute atomic E-state index is 12.3. The molecule has 0 atom stereocenters. The summed E-state index contributed by atoms with van der Waals surface area (Å²) in [6.07, 6.45) is 1.88. The zero-order chi connectivity index (χ0) is 14.8. The molecule has 0 N–H and O–H groups in total. The number of nitrogens with zero attached hydrogens (tertiary/aromatic N) is 2. The third-order valence-electron chi connectivity index (χ3n) is 3.38. The molecule has 3 nitrogen and oxygen atoms in total. The van der Waals surface area contributed by atoms with Gasteiger partial charge in [0.2, 0.25) is 0 Å². The van der Waals surface area contributed by atoms with Gasteiger partial charge in [0.1, 0.15) is 0 Å². The fourth-order valence-corrected chi connectivity index (χ4v) is 2.55. The number of benzene rings is 2. The van der Waals surface area contributed by atoms with Crippen LogP contribution in [0.25, 0.3) is 10.9 Å². The first kappa shape index (κ1) is 13.6. The Balaban J connectivity index is 1.90. The van der Waals surface area contributed by atoms with E-state index in [1.807, 2.05) is 53.2 Å². The first-order chi connectivity index (χ1) is 10.2. The highest BCUT2D eigenvalue weighted by Crippen LogP contribution is 2.18. The Morgan fingerprint density at radius 3 is 2.62 bits per heavy atom. The summed E-state index contributed by atoms with van der Waals surface area (Å²) in [7, 11) is 0. The molecule has 1 aromatic heterocycles. The lowest BCUT2D eigenvalue weighted by Gasteiger charge is -2.05. The highest BCUT2D eigenvalue weighted by atomic mass is 79.9. The number of halogens is 1. The highest BCUT2D eigenvalue weighted by molar-refractivity contribution is 9.10. The number of nitriles is 1. The van der Waals surface area contributed by atoms with Crippen LogP contribution >= 0.6 is 15.9 Å². The average Bonchev–Trinajstić information content (AvgIpc) is 2.90. The van der Waals surface area contributed by atoms with Crippen LogP contribution in [0.4, 0.5) is 0 Å². The highest BCUT2D eigenvalue weighted by Gasteiger charge is 2.09. The summed E-state index contributed by atoms with van der Waals surface area (Å²) in [6.45, 7) is 0.289. The van der Waals surface area contributed by atoms with Crippen molar-refractivity contribution >= 4 is 32.6 Å². The molecule has 3 aromatic rings. The molecule has 0 aliphatic heterocycles. The molecule has 0 saturated heterocycles. The van der Waals surface area contributed by atoms with E-state index in [0.29, 0.717) is 11.1 Å². The van der Waals surface area contributed by atoms with Crippen molar-refractivity contribution in [1.29, 1.82) is 5.26 Å². The van der Waals surface area contributed by atoms with Gasteiger partial charge < -0.3 is 4.57 Å². The van der Waals surface area contributed by atoms with Crippen LogP contribution in [0.15, 0.2) is 59.2 Å². The average molecular weight is 339 g/mol. The van der Waals surface area contributed by atoms with Crippen molar-refractivity contribution in [3.63, 3.8) is 0 Å². The van der Waals surface area contributed by atoms with E-state index >= 15 is 0 Å². The van der Waals surface area contributed by atoms with Gasteiger partial charge in [0, 0.05) is 27.1 Å². The van der Waals surface area contributed by atoms with Crippen LogP contribution < -0.4 is 0 Å². The Hall–Kier alpha value is -2.38. The van der Waals surface area contributed by atoms with Crippen molar-refractivity contribution in [2.24, 2.45) is 0 Å². The molecule has 1 heterocycles. The molecule has 0 spiro atoms. The Kier molecular flexibility index (Phi) is 3.59. The molecular formula is C17H11BrN2O. The Morgan fingerprint density at radius 1 is 1.14 bits per heavy atom. The summed E-state index contributed by atoms with van der Waals surface area (Å²) in [4.78, 5) is 12.3. The first-order valence-electron chi connectivity index (χ1n) is 6.45. The van der Waals surface area contributed by atoms with Crippen LogP contribution in [0.2, 0.25) is 0 Å². The summed E-state index contributed by atoms with van der Waals surface area (Å²) in [5, 5.41) is 9.88. The van der Waals surface area contributed by atoms with Crippen LogP contribution in [-0.4, -0.2) is 10.4 Å². The Bertz CT molecular complexity index is 857. The lowest BCUT2D eigenvalue weighted by atomic mass is 10.1. The summed E-state index contributed by atoms with van der Waals surface area (Å²) in [5.74, 6) is 0.0596. The standard InChI is InChI=1S/C17H11BrN2O/c18-15-4-2-13(3-5-15)17(21)11-20-8-7-14-9-12(10-19)1-6-16(14)20/h1-9H,11H2. The SMILES string of the molecule is N#Cc1ccc2c(ccn2CC(=O)c2ccc(Br)cc2)c1. The van der Waals surface area contributed by atoms with E-state index in [2.05, 4.69) is 22.0 Å². The monoisotopic (exact) mass is 338 g/mol. The summed E-state index contributed by atoms with van der Waals surface area (Å²) in [6, 6.07) is 16.9. The van der Waals surface area contributed by atoms with Gasteiger partial charge in [0.15, 0.2) is 5.78 Å². The molecule has 0 aliphatic carbocycles. The van der Waals surface area contributed by atoms with Gasteiger partial charge in [-0.1, -0.05) is 28.1 Å². The topological polar surface area (TPSA) is 45.8 Å². The molecule has 0 fully saturated rings. The van der Waals surface area contributed by atoms with E-state index in [1.54, 1.807) is 6.07 Å². The van der Waals surface area contributed by atoms with Crippen molar-refractivity contribution in [1.82, 2.24) is 4.57 Å². The van der Waals surface area contributed by atoms with Gasteiger partial charge >= 0.3 is 0 Å². The van der Waals surface area contributed by atoms with Gasteiger partial charge in [0.25, 0.3) is 0 Å². The fraction of sp³-hybridized carbons (Fsp3) is 0.0588. The second-order valence-electron chi connectivity index (χ2n) is 4.76. The predicted octanol–water partition coefficient (Wildman–Crippen LogP) is 4.16. The van der Waals surface area contributed by atoms with E-state index in [9.17, 15) is 4.79 Å². The molecular weight excluding hydrogens is 328 g/mol. The van der Waals surface area contributed by atoms with Crippen LogP contribution in [0.1, 0.15) is 15.9 Å². The largest absolute Gasteiger partial charge is 0.340 e. The van der Waals surface area contributed by atoms with E-state index < -0.39 is 0 Å². The molecule has 4 heteroatoms. The van der Waals surface area contributed by atoms with E-state index in [-0.39, 0.29) is 12.3 Å². The maximum Gasteiger partial charge on any atom is 0.182 e. The zero-order valence-electron chi connectivity index (χ0n) is 11.1. The van der Waals surface area contributed by atoms with Crippen molar-refractivity contribution in [2.45, 2.75) is 6.54 Å². The molecule has 102 valence electrons. The molecule has 0 unspecified atom stereocenters. The summed E-state index contributed by atoms with van der Waals surface area (Å²) in [5.41, 5.74) is 2.27. The van der Waals surface area contributed by atoms with Crippen LogP contribution in [0, 0.1) is 11.3 Å². The van der Waals surface area contributed by atoms with E-state index in [1.165, 1.54) is 0 Å². The molecule has 0 aliphatic rings. The minimum atomic E-state index is 0.0596. The number of hydrogen-bond acceptors (Lipinski definition) is 2. The van der Waals surface area contributed by atoms with Crippen LogP contribution in [0.5, 0.6) is 0 Å². The predicted molar refractivity (Wildman–Crippen MR) is 85.1 cm³/mol. The van der Waals surface area contributed by atoms with Crippen molar-refractivity contribution in [2.75, 3.05) is 0 Å². The Labute approximate surface area is 130 Å². The van der Waals surface area contributed by atoms with Crippen molar-refractivity contribution in [3.05, 3.63) is 70.3 Å². The van der Waals surface area contributed by atoms with Crippen molar-refractivity contribution < 1.29 is 4.79 Å². The Morgan fingerprint density at radius 2 is 1.90 bits per heavy atom. The van der Waals surface area contributed by atoms with Gasteiger partial charge in [-0.3, -0.25) is 4.79 Å². The lowest BCUT2D eigenvalue weighted by molar-refractivity contribution is 0.0973. The van der Waals surface area contributed by atoms with Gasteiger partial charge in [-0.25, -0.2) is 0 Å². The van der Waals surface area contributed by atoms with Gasteiger partial charge in [-0.2, -0.15) is 5.26 Å². The van der Waals surface area contributed by atoms with Crippen molar-refractivity contribution in [3.8, 4) is 6.07 Å². The molecule has 21 heavy (non-hydrogen) atoms. The third-order valence-corrected chi connectivity index (χ3v) is 3.91. The number of carbonyl (C=O) groups is 1. The normalized spacial score (nSPS) is 10.5. The molecule has 2 aromatic carbocycles. The number of aromatic nitrogens is 1. The molecule has 0 bridgehead atoms. The van der Waals surface area contributed by atoms with Crippen LogP contribution in [-0.2, 0) is 6.54 Å². The number of ketones is 1. The quantitative estimate of drug-likeness (QED) is 0.673. The maximum atomic E-state index is 12.3. The van der Waals surface area contributed by atoms with E-state index in [4.69, 9.17) is 5.26 Å². The number of rotatable bonds is 3. The number of hydrogen-bond donors (Lipinski definition) is 0. The summed E-state index contributed by atoms with van der Waals surface area (Å²) >= 11 is 3.36. The molecule has 3 rings (SSSR count). The van der Waals surface area contributed by atoms with Gasteiger partial charge in [-0.15, -0.1) is 0 Å². The first-order valence-corrected chi connectivity index (χ1v) is 7.24. The second kappa shape index (κ2) is 5.55. The molecule has 0 amide bonds.